The van der Waals surface area contributed by atoms with Crippen LogP contribution in [0, 0.1) is 10.1 Å². The highest BCUT2D eigenvalue weighted by molar-refractivity contribution is 5.98. The minimum absolute atomic E-state index is 0.0111. The van der Waals surface area contributed by atoms with Gasteiger partial charge in [-0.25, -0.2) is 4.98 Å². The van der Waals surface area contributed by atoms with Gasteiger partial charge in [0.1, 0.15) is 6.61 Å². The molecule has 9 heteroatoms. The molecule has 0 amide bonds. The fraction of sp³-hybridized carbons (Fsp3) is 0.500. The summed E-state index contributed by atoms with van der Waals surface area (Å²) in [5, 5.41) is 22.3. The van der Waals surface area contributed by atoms with Gasteiger partial charge in [0, 0.05) is 18.7 Å². The van der Waals surface area contributed by atoms with Crippen molar-refractivity contribution in [3.8, 4) is 5.88 Å². The lowest BCUT2D eigenvalue weighted by molar-refractivity contribution is -0.385. The first-order valence-electron chi connectivity index (χ1n) is 6.49. The van der Waals surface area contributed by atoms with Crippen LogP contribution in [0.15, 0.2) is 17.3 Å². The zero-order valence-electron chi connectivity index (χ0n) is 11.3. The molecule has 1 aromatic heterocycles. The van der Waals surface area contributed by atoms with Crippen LogP contribution >= 0.6 is 0 Å². The maximum atomic E-state index is 10.9. The molecule has 0 spiro atoms. The summed E-state index contributed by atoms with van der Waals surface area (Å²) < 4.78 is 11.0. The van der Waals surface area contributed by atoms with E-state index >= 15 is 0 Å². The van der Waals surface area contributed by atoms with Gasteiger partial charge in [0.25, 0.3) is 5.69 Å². The molecule has 21 heavy (non-hydrogen) atoms. The first kappa shape index (κ1) is 15.0. The molecule has 0 aromatic carbocycles. The van der Waals surface area contributed by atoms with Crippen LogP contribution in [-0.2, 0) is 4.74 Å². The summed E-state index contributed by atoms with van der Waals surface area (Å²) in [6.07, 6.45) is 3.01. The average Bonchev–Trinajstić information content (AvgIpc) is 2.52. The fourth-order valence-electron chi connectivity index (χ4n) is 2.01. The first-order valence-corrected chi connectivity index (χ1v) is 6.49. The second kappa shape index (κ2) is 6.84. The Bertz CT molecular complexity index is 542. The van der Waals surface area contributed by atoms with Crippen molar-refractivity contribution < 1.29 is 19.6 Å². The van der Waals surface area contributed by atoms with E-state index in [1.165, 1.54) is 12.1 Å². The predicted molar refractivity (Wildman–Crippen MR) is 72.5 cm³/mol. The largest absolute Gasteiger partial charge is 0.475 e. The molecule has 0 bridgehead atoms. The van der Waals surface area contributed by atoms with Gasteiger partial charge < -0.3 is 20.4 Å². The van der Waals surface area contributed by atoms with Crippen molar-refractivity contribution in [3.05, 3.63) is 27.9 Å². The summed E-state index contributed by atoms with van der Waals surface area (Å²) >= 11 is 0. The molecule has 1 unspecified atom stereocenters. The minimum Gasteiger partial charge on any atom is -0.475 e. The lowest BCUT2D eigenvalue weighted by Gasteiger charge is -2.22. The van der Waals surface area contributed by atoms with E-state index in [1.54, 1.807) is 0 Å². The molecule has 114 valence electrons. The highest BCUT2D eigenvalue weighted by Gasteiger charge is 2.21. The maximum Gasteiger partial charge on any atom is 0.299 e. The lowest BCUT2D eigenvalue weighted by Crippen LogP contribution is -2.26. The number of amidine groups is 1. The predicted octanol–water partition coefficient (Wildman–Crippen LogP) is 1.03. The molecule has 0 aliphatic carbocycles. The summed E-state index contributed by atoms with van der Waals surface area (Å²) in [6, 6.07) is 2.58. The average molecular weight is 296 g/mol. The summed E-state index contributed by atoms with van der Waals surface area (Å²) in [5.41, 5.74) is 4.81. The van der Waals surface area contributed by atoms with Crippen molar-refractivity contribution in [1.82, 2.24) is 4.98 Å². The molecule has 1 aliphatic rings. The third kappa shape index (κ3) is 3.78. The van der Waals surface area contributed by atoms with E-state index in [0.717, 1.165) is 19.3 Å². The van der Waals surface area contributed by atoms with Gasteiger partial charge in [-0.1, -0.05) is 5.16 Å². The second-order valence-electron chi connectivity index (χ2n) is 4.56. The summed E-state index contributed by atoms with van der Waals surface area (Å²) in [6.45, 7) is 1.01. The van der Waals surface area contributed by atoms with Gasteiger partial charge in [0.2, 0.25) is 5.88 Å². The van der Waals surface area contributed by atoms with Gasteiger partial charge in [0.15, 0.2) is 11.5 Å². The molecule has 1 fully saturated rings. The first-order chi connectivity index (χ1) is 10.1. The molecule has 1 aromatic rings. The normalized spacial score (nSPS) is 19.2. The Balaban J connectivity index is 2.11. The molecule has 0 radical (unpaired) electrons. The summed E-state index contributed by atoms with van der Waals surface area (Å²) in [5.74, 6) is -0.280. The van der Waals surface area contributed by atoms with Gasteiger partial charge in [-0.2, -0.15) is 0 Å². The molecular weight excluding hydrogens is 280 g/mol. The quantitative estimate of drug-likeness (QED) is 0.272. The van der Waals surface area contributed by atoms with Crippen LogP contribution in [0.2, 0.25) is 0 Å². The van der Waals surface area contributed by atoms with Crippen molar-refractivity contribution in [1.29, 1.82) is 0 Å². The van der Waals surface area contributed by atoms with Crippen LogP contribution in [0.4, 0.5) is 5.69 Å². The molecular formula is C12H16N4O5. The number of hydrogen-bond acceptors (Lipinski definition) is 7. The number of pyridine rings is 1. The van der Waals surface area contributed by atoms with Gasteiger partial charge >= 0.3 is 0 Å². The van der Waals surface area contributed by atoms with Crippen LogP contribution in [0.3, 0.4) is 0 Å². The second-order valence-corrected chi connectivity index (χ2v) is 4.56. The van der Waals surface area contributed by atoms with E-state index in [1.807, 2.05) is 0 Å². The van der Waals surface area contributed by atoms with Crippen molar-refractivity contribution in [2.75, 3.05) is 13.2 Å². The molecule has 2 heterocycles. The van der Waals surface area contributed by atoms with E-state index in [9.17, 15) is 10.1 Å². The molecule has 2 rings (SSSR count). The van der Waals surface area contributed by atoms with E-state index in [-0.39, 0.29) is 23.4 Å². The number of nitro groups is 1. The molecule has 9 nitrogen and oxygen atoms in total. The van der Waals surface area contributed by atoms with Crippen molar-refractivity contribution in [2.45, 2.75) is 25.4 Å². The third-order valence-electron chi connectivity index (χ3n) is 3.09. The van der Waals surface area contributed by atoms with E-state index < -0.39 is 10.8 Å². The van der Waals surface area contributed by atoms with Crippen molar-refractivity contribution >= 4 is 11.5 Å². The SMILES string of the molecule is N/C(=N/O)c1nc(OCC2CCCCO2)ccc1[N+](=O)[O-]. The molecule has 3 N–H and O–H groups in total. The monoisotopic (exact) mass is 296 g/mol. The summed E-state index contributed by atoms with van der Waals surface area (Å²) in [7, 11) is 0. The number of nitrogens with two attached hydrogens (primary N) is 1. The number of oxime groups is 1. The van der Waals surface area contributed by atoms with Gasteiger partial charge in [-0.3, -0.25) is 10.1 Å². The molecule has 1 aliphatic heterocycles. The molecule has 1 atom stereocenters. The van der Waals surface area contributed by atoms with Crippen LogP contribution in [0.1, 0.15) is 25.0 Å². The van der Waals surface area contributed by atoms with Crippen LogP contribution in [0.25, 0.3) is 0 Å². The Kier molecular flexibility index (Phi) is 4.88. The van der Waals surface area contributed by atoms with E-state index in [2.05, 4.69) is 10.1 Å². The molecule has 1 saturated heterocycles. The Morgan fingerprint density at radius 1 is 1.62 bits per heavy atom. The highest BCUT2D eigenvalue weighted by atomic mass is 16.6. The summed E-state index contributed by atoms with van der Waals surface area (Å²) in [4.78, 5) is 14.1. The van der Waals surface area contributed by atoms with Crippen LogP contribution in [0.5, 0.6) is 5.88 Å². The highest BCUT2D eigenvalue weighted by Crippen LogP contribution is 2.21. The van der Waals surface area contributed by atoms with Gasteiger partial charge in [0.05, 0.1) is 11.0 Å². The Labute approximate surface area is 120 Å². The molecule has 0 saturated carbocycles. The number of nitrogens with zero attached hydrogens (tertiary/aromatic N) is 3. The van der Waals surface area contributed by atoms with Crippen molar-refractivity contribution in [3.63, 3.8) is 0 Å². The maximum absolute atomic E-state index is 10.9. The number of rotatable bonds is 5. The standard InChI is InChI=1S/C12H16N4O5/c13-12(15-17)11-9(16(18)19)4-5-10(14-11)21-7-8-3-1-2-6-20-8/h4-5,8,17H,1-3,6-7H2,(H2,13,15). The van der Waals surface area contributed by atoms with Crippen molar-refractivity contribution in [2.24, 2.45) is 10.9 Å². The Hall–Kier alpha value is -2.42. The number of aromatic nitrogens is 1. The minimum atomic E-state index is -0.658. The zero-order chi connectivity index (χ0) is 15.2. The van der Waals surface area contributed by atoms with E-state index in [0.29, 0.717) is 13.2 Å². The number of hydrogen-bond donors (Lipinski definition) is 2. The topological polar surface area (TPSA) is 133 Å². The lowest BCUT2D eigenvalue weighted by atomic mass is 10.1. The smallest absolute Gasteiger partial charge is 0.299 e. The van der Waals surface area contributed by atoms with Gasteiger partial charge in [-0.15, -0.1) is 0 Å². The van der Waals surface area contributed by atoms with E-state index in [4.69, 9.17) is 20.4 Å². The van der Waals surface area contributed by atoms with Crippen LogP contribution in [-0.4, -0.2) is 40.3 Å². The Morgan fingerprint density at radius 2 is 2.43 bits per heavy atom. The number of ether oxygens (including phenoxy) is 2. The Morgan fingerprint density at radius 3 is 3.05 bits per heavy atom. The van der Waals surface area contributed by atoms with Crippen LogP contribution < -0.4 is 10.5 Å². The zero-order valence-corrected chi connectivity index (χ0v) is 11.3. The third-order valence-corrected chi connectivity index (χ3v) is 3.09. The fourth-order valence-corrected chi connectivity index (χ4v) is 2.01. The van der Waals surface area contributed by atoms with Gasteiger partial charge in [-0.05, 0) is 19.3 Å².